The van der Waals surface area contributed by atoms with Gasteiger partial charge < -0.3 is 20.3 Å². The molecule has 7 nitrogen and oxygen atoms in total. The Morgan fingerprint density at radius 2 is 1.75 bits per heavy atom. The highest BCUT2D eigenvalue weighted by atomic mass is 19.1. The molecule has 1 aromatic carbocycles. The maximum Gasteiger partial charge on any atom is 0.303 e. The number of carbonyl (C=O) groups excluding carboxylic acids is 1. The predicted octanol–water partition coefficient (Wildman–Crippen LogP) is 5.62. The molecule has 2 aromatic rings. The second-order valence-electron chi connectivity index (χ2n) is 10.8. The second kappa shape index (κ2) is 11.4. The number of halogens is 1. The van der Waals surface area contributed by atoms with Crippen molar-refractivity contribution in [3.05, 3.63) is 39.9 Å². The van der Waals surface area contributed by atoms with Gasteiger partial charge in [0.05, 0.1) is 11.2 Å². The van der Waals surface area contributed by atoms with Crippen LogP contribution in [0.25, 0.3) is 10.9 Å². The first-order chi connectivity index (χ1) is 17.2. The average molecular weight is 500 g/mol. The summed E-state index contributed by atoms with van der Waals surface area (Å²) in [7, 11) is 0. The number of aromatic nitrogens is 1. The quantitative estimate of drug-likeness (QED) is 0.416. The van der Waals surface area contributed by atoms with Crippen molar-refractivity contribution < 1.29 is 19.1 Å². The average Bonchev–Trinajstić information content (AvgIpc) is 3.38. The van der Waals surface area contributed by atoms with Crippen LogP contribution in [0.1, 0.15) is 101 Å². The van der Waals surface area contributed by atoms with Gasteiger partial charge in [0.2, 0.25) is 5.43 Å². The van der Waals surface area contributed by atoms with Gasteiger partial charge in [0.15, 0.2) is 0 Å². The number of amides is 1. The molecule has 2 aliphatic rings. The van der Waals surface area contributed by atoms with Crippen molar-refractivity contribution in [2.75, 3.05) is 5.32 Å². The molecule has 36 heavy (non-hydrogen) atoms. The number of fused-ring (bicyclic) bond motifs is 1. The van der Waals surface area contributed by atoms with Crippen molar-refractivity contribution >= 4 is 28.5 Å². The maximum absolute atomic E-state index is 15.2. The van der Waals surface area contributed by atoms with Crippen molar-refractivity contribution in [3.8, 4) is 0 Å². The Morgan fingerprint density at radius 1 is 1.08 bits per heavy atom. The lowest BCUT2D eigenvalue weighted by molar-refractivity contribution is -0.137. The number of hydrogen-bond donors (Lipinski definition) is 3. The van der Waals surface area contributed by atoms with Gasteiger partial charge in [0, 0.05) is 36.1 Å². The van der Waals surface area contributed by atoms with Gasteiger partial charge >= 0.3 is 5.97 Å². The second-order valence-corrected chi connectivity index (χ2v) is 10.8. The van der Waals surface area contributed by atoms with E-state index in [1.54, 1.807) is 12.3 Å². The van der Waals surface area contributed by atoms with Crippen LogP contribution in [0.3, 0.4) is 0 Å². The van der Waals surface area contributed by atoms with E-state index in [4.69, 9.17) is 5.11 Å². The first-order valence-corrected chi connectivity index (χ1v) is 13.4. The summed E-state index contributed by atoms with van der Waals surface area (Å²) < 4.78 is 17.2. The zero-order valence-electron chi connectivity index (χ0n) is 21.3. The lowest BCUT2D eigenvalue weighted by Gasteiger charge is -2.25. The minimum atomic E-state index is -0.933. The molecule has 0 saturated heterocycles. The maximum atomic E-state index is 15.2. The van der Waals surface area contributed by atoms with E-state index in [-0.39, 0.29) is 47.8 Å². The van der Waals surface area contributed by atoms with Crippen LogP contribution in [0, 0.1) is 11.7 Å². The van der Waals surface area contributed by atoms with Crippen LogP contribution < -0.4 is 16.1 Å². The summed E-state index contributed by atoms with van der Waals surface area (Å²) in [5.74, 6) is -1.96. The van der Waals surface area contributed by atoms with Gasteiger partial charge in [-0.25, -0.2) is 4.39 Å². The van der Waals surface area contributed by atoms with Crippen molar-refractivity contribution in [1.29, 1.82) is 0 Å². The van der Waals surface area contributed by atoms with Crippen molar-refractivity contribution in [2.45, 2.75) is 103 Å². The Morgan fingerprint density at radius 3 is 2.39 bits per heavy atom. The molecule has 8 heteroatoms. The number of carboxylic acids is 1. The molecule has 2 aliphatic carbocycles. The van der Waals surface area contributed by atoms with Crippen LogP contribution >= 0.6 is 0 Å². The highest BCUT2D eigenvalue weighted by Gasteiger charge is 2.26. The standard InChI is InChI=1S/C28H38FN3O4/c1-17(2)23(12-13-26(33)34)31-28(36)21-16-32(19-10-6-7-11-19)25-15-24(22(29)14-20(25)27(21)35)30-18-8-4-3-5-9-18/h14-19,23,30H,3-13H2,1-2H3,(H,31,36)(H,33,34)/t23-/m0/s1. The first kappa shape index (κ1) is 26.2. The lowest BCUT2D eigenvalue weighted by Crippen LogP contribution is -2.41. The lowest BCUT2D eigenvalue weighted by atomic mass is 9.95. The third-order valence-electron chi connectivity index (χ3n) is 7.84. The number of nitrogens with one attached hydrogen (secondary N) is 2. The SMILES string of the molecule is CC(C)[C@H](CCC(=O)O)NC(=O)c1cn(C2CCCC2)c2cc(NC3CCCCC3)c(F)cc2c1=O. The summed E-state index contributed by atoms with van der Waals surface area (Å²) in [6.07, 6.45) is 11.3. The first-order valence-electron chi connectivity index (χ1n) is 13.4. The molecule has 196 valence electrons. The van der Waals surface area contributed by atoms with E-state index >= 15 is 4.39 Å². The van der Waals surface area contributed by atoms with Crippen LogP contribution in [0.15, 0.2) is 23.1 Å². The molecule has 1 amide bonds. The van der Waals surface area contributed by atoms with E-state index in [0.717, 1.165) is 51.4 Å². The summed E-state index contributed by atoms with van der Waals surface area (Å²) in [5.41, 5.74) is 0.532. The number of anilines is 1. The number of pyridine rings is 1. The molecule has 3 N–H and O–H groups in total. The minimum Gasteiger partial charge on any atom is -0.481 e. The van der Waals surface area contributed by atoms with Gasteiger partial charge in [0.1, 0.15) is 11.4 Å². The van der Waals surface area contributed by atoms with Gasteiger partial charge in [-0.05, 0) is 50.2 Å². The number of hydrogen-bond acceptors (Lipinski definition) is 4. The van der Waals surface area contributed by atoms with Gasteiger partial charge in [-0.15, -0.1) is 0 Å². The molecule has 1 heterocycles. The summed E-state index contributed by atoms with van der Waals surface area (Å²) in [4.78, 5) is 37.8. The number of nitrogens with zero attached hydrogens (tertiary/aromatic N) is 1. The number of rotatable bonds is 9. The van der Waals surface area contributed by atoms with Crippen LogP contribution in [0.2, 0.25) is 0 Å². The Hall–Kier alpha value is -2.90. The van der Waals surface area contributed by atoms with E-state index in [0.29, 0.717) is 11.2 Å². The van der Waals surface area contributed by atoms with E-state index in [9.17, 15) is 14.4 Å². The largest absolute Gasteiger partial charge is 0.481 e. The Bertz CT molecular complexity index is 1160. The van der Waals surface area contributed by atoms with E-state index < -0.39 is 23.1 Å². The molecule has 0 spiro atoms. The van der Waals surface area contributed by atoms with Gasteiger partial charge in [-0.1, -0.05) is 46.0 Å². The predicted molar refractivity (Wildman–Crippen MR) is 139 cm³/mol. The summed E-state index contributed by atoms with van der Waals surface area (Å²) in [6, 6.07) is 2.99. The monoisotopic (exact) mass is 499 g/mol. The fourth-order valence-corrected chi connectivity index (χ4v) is 5.69. The molecule has 2 saturated carbocycles. The number of carbonyl (C=O) groups is 2. The van der Waals surface area contributed by atoms with E-state index in [1.807, 2.05) is 18.4 Å². The van der Waals surface area contributed by atoms with Crippen molar-refractivity contribution in [2.24, 2.45) is 5.92 Å². The van der Waals surface area contributed by atoms with Crippen LogP contribution in [-0.4, -0.2) is 33.6 Å². The molecular formula is C28H38FN3O4. The molecule has 0 unspecified atom stereocenters. The molecule has 0 radical (unpaired) electrons. The smallest absolute Gasteiger partial charge is 0.303 e. The van der Waals surface area contributed by atoms with Crippen molar-refractivity contribution in [3.63, 3.8) is 0 Å². The minimum absolute atomic E-state index is 0.00308. The zero-order chi connectivity index (χ0) is 25.8. The molecular weight excluding hydrogens is 461 g/mol. The normalized spacial score (nSPS) is 18.0. The van der Waals surface area contributed by atoms with Crippen molar-refractivity contribution in [1.82, 2.24) is 9.88 Å². The summed E-state index contributed by atoms with van der Waals surface area (Å²) in [6.45, 7) is 3.81. The third-order valence-corrected chi connectivity index (χ3v) is 7.84. The number of aliphatic carboxylic acids is 1. The van der Waals surface area contributed by atoms with E-state index in [2.05, 4.69) is 10.6 Å². The van der Waals surface area contributed by atoms with Gasteiger partial charge in [0.25, 0.3) is 5.91 Å². The van der Waals surface area contributed by atoms with Gasteiger partial charge in [-0.3, -0.25) is 14.4 Å². The Balaban J connectivity index is 1.72. The zero-order valence-corrected chi connectivity index (χ0v) is 21.3. The Labute approximate surface area is 211 Å². The fourth-order valence-electron chi connectivity index (χ4n) is 5.69. The van der Waals surface area contributed by atoms with Crippen LogP contribution in [-0.2, 0) is 4.79 Å². The molecule has 0 bridgehead atoms. The van der Waals surface area contributed by atoms with E-state index in [1.165, 1.54) is 12.5 Å². The number of benzene rings is 1. The third kappa shape index (κ3) is 5.90. The molecule has 4 rings (SSSR count). The number of carboxylic acid groups (broad SMARTS) is 1. The topological polar surface area (TPSA) is 100 Å². The Kier molecular flexibility index (Phi) is 8.32. The summed E-state index contributed by atoms with van der Waals surface area (Å²) in [5, 5.41) is 15.5. The fraction of sp³-hybridized carbons (Fsp3) is 0.607. The highest BCUT2D eigenvalue weighted by molar-refractivity contribution is 5.98. The molecule has 1 atom stereocenters. The van der Waals surface area contributed by atoms with Crippen LogP contribution in [0.4, 0.5) is 10.1 Å². The molecule has 0 aliphatic heterocycles. The van der Waals surface area contributed by atoms with Crippen LogP contribution in [0.5, 0.6) is 0 Å². The highest BCUT2D eigenvalue weighted by Crippen LogP contribution is 2.34. The summed E-state index contributed by atoms with van der Waals surface area (Å²) >= 11 is 0. The van der Waals surface area contributed by atoms with Gasteiger partial charge in [-0.2, -0.15) is 0 Å². The molecule has 2 fully saturated rings. The molecule has 1 aromatic heterocycles.